The van der Waals surface area contributed by atoms with Crippen LogP contribution in [-0.4, -0.2) is 35.0 Å². The molecule has 0 saturated heterocycles. The second-order valence-electron chi connectivity index (χ2n) is 5.71. The molecule has 0 unspecified atom stereocenters. The van der Waals surface area contributed by atoms with Gasteiger partial charge in [0, 0.05) is 13.1 Å². The molecule has 0 heterocycles. The summed E-state index contributed by atoms with van der Waals surface area (Å²) in [6.07, 6.45) is -5.16. The number of carboxylic acids is 1. The molecule has 0 atom stereocenters. The average molecular weight is 331 g/mol. The van der Waals surface area contributed by atoms with Gasteiger partial charge in [0.1, 0.15) is 0 Å². The van der Waals surface area contributed by atoms with E-state index in [0.29, 0.717) is 6.54 Å². The Morgan fingerprint density at radius 2 is 1.83 bits per heavy atom. The first kappa shape index (κ1) is 19.0. The zero-order valence-electron chi connectivity index (χ0n) is 13.1. The van der Waals surface area contributed by atoms with Gasteiger partial charge in [0.2, 0.25) is 5.91 Å². The van der Waals surface area contributed by atoms with Gasteiger partial charge in [-0.05, 0) is 17.5 Å². The van der Waals surface area contributed by atoms with Crippen molar-refractivity contribution in [3.63, 3.8) is 0 Å². The minimum atomic E-state index is -4.53. The molecular weight excluding hydrogens is 311 g/mol. The molecule has 0 saturated carbocycles. The molecule has 0 aliphatic rings. The molecule has 128 valence electrons. The van der Waals surface area contributed by atoms with Gasteiger partial charge < -0.3 is 10.0 Å². The number of benzene rings is 1. The number of hydrogen-bond donors (Lipinski definition) is 1. The molecule has 1 N–H and O–H groups in total. The van der Waals surface area contributed by atoms with Crippen LogP contribution in [0, 0.1) is 5.92 Å². The van der Waals surface area contributed by atoms with Crippen LogP contribution in [0.5, 0.6) is 0 Å². The van der Waals surface area contributed by atoms with Crippen LogP contribution in [0.15, 0.2) is 24.3 Å². The molecule has 7 heteroatoms. The molecule has 0 aliphatic carbocycles. The molecule has 1 amide bonds. The molecule has 1 aromatic rings. The number of hydrogen-bond acceptors (Lipinski definition) is 2. The van der Waals surface area contributed by atoms with Gasteiger partial charge in [0.25, 0.3) is 0 Å². The molecule has 0 aliphatic heterocycles. The van der Waals surface area contributed by atoms with Gasteiger partial charge in [0.05, 0.1) is 18.4 Å². The zero-order chi connectivity index (χ0) is 17.6. The number of amides is 1. The normalized spacial score (nSPS) is 11.6. The van der Waals surface area contributed by atoms with Crippen LogP contribution >= 0.6 is 0 Å². The Morgan fingerprint density at radius 1 is 1.22 bits per heavy atom. The van der Waals surface area contributed by atoms with E-state index in [1.54, 1.807) is 0 Å². The predicted molar refractivity (Wildman–Crippen MR) is 78.8 cm³/mol. The molecule has 0 aromatic heterocycles. The summed E-state index contributed by atoms with van der Waals surface area (Å²) in [6, 6.07) is 4.92. The van der Waals surface area contributed by atoms with Gasteiger partial charge in [-0.1, -0.05) is 32.0 Å². The van der Waals surface area contributed by atoms with Crippen molar-refractivity contribution in [2.75, 3.05) is 13.1 Å². The monoisotopic (exact) mass is 331 g/mol. The topological polar surface area (TPSA) is 57.6 Å². The Balaban J connectivity index is 2.92. The lowest BCUT2D eigenvalue weighted by atomic mass is 10.0. The highest BCUT2D eigenvalue weighted by atomic mass is 19.4. The lowest BCUT2D eigenvalue weighted by Gasteiger charge is -2.24. The summed E-state index contributed by atoms with van der Waals surface area (Å²) in [5.74, 6) is -1.47. The van der Waals surface area contributed by atoms with Crippen molar-refractivity contribution in [1.29, 1.82) is 0 Å². The number of alkyl halides is 3. The first-order valence-electron chi connectivity index (χ1n) is 7.26. The van der Waals surface area contributed by atoms with E-state index in [9.17, 15) is 22.8 Å². The van der Waals surface area contributed by atoms with E-state index in [2.05, 4.69) is 0 Å². The van der Waals surface area contributed by atoms with Crippen molar-refractivity contribution < 1.29 is 27.9 Å². The number of carboxylic acid groups (broad SMARTS) is 1. The predicted octanol–water partition coefficient (Wildman–Crippen LogP) is 3.21. The highest BCUT2D eigenvalue weighted by molar-refractivity contribution is 5.79. The maximum atomic E-state index is 13.0. The number of carbonyl (C=O) groups is 2. The zero-order valence-corrected chi connectivity index (χ0v) is 13.1. The number of nitrogens with zero attached hydrogens (tertiary/aromatic N) is 1. The van der Waals surface area contributed by atoms with Gasteiger partial charge in [-0.3, -0.25) is 9.59 Å². The summed E-state index contributed by atoms with van der Waals surface area (Å²) in [7, 11) is 0. The van der Waals surface area contributed by atoms with Crippen molar-refractivity contribution in [2.24, 2.45) is 5.92 Å². The highest BCUT2D eigenvalue weighted by Gasteiger charge is 2.33. The highest BCUT2D eigenvalue weighted by Crippen LogP contribution is 2.32. The van der Waals surface area contributed by atoms with Crippen molar-refractivity contribution in [1.82, 2.24) is 4.90 Å². The molecule has 0 spiro atoms. The van der Waals surface area contributed by atoms with Crippen LogP contribution in [0.2, 0.25) is 0 Å². The van der Waals surface area contributed by atoms with E-state index in [4.69, 9.17) is 5.11 Å². The largest absolute Gasteiger partial charge is 0.481 e. The molecule has 0 bridgehead atoms. The van der Waals surface area contributed by atoms with Gasteiger partial charge in [-0.25, -0.2) is 0 Å². The Bertz CT molecular complexity index is 556. The maximum absolute atomic E-state index is 13.0. The van der Waals surface area contributed by atoms with Gasteiger partial charge in [-0.15, -0.1) is 0 Å². The van der Waals surface area contributed by atoms with Crippen molar-refractivity contribution in [3.05, 3.63) is 35.4 Å². The molecule has 0 radical (unpaired) electrons. The SMILES string of the molecule is CC(C)CN(CCC(=O)O)C(=O)Cc1ccccc1C(F)(F)F. The minimum absolute atomic E-state index is 0.0134. The summed E-state index contributed by atoms with van der Waals surface area (Å²) in [6.45, 7) is 4.00. The minimum Gasteiger partial charge on any atom is -0.481 e. The smallest absolute Gasteiger partial charge is 0.416 e. The Morgan fingerprint density at radius 3 is 2.35 bits per heavy atom. The first-order valence-corrected chi connectivity index (χ1v) is 7.26. The summed E-state index contributed by atoms with van der Waals surface area (Å²) >= 11 is 0. The summed E-state index contributed by atoms with van der Waals surface area (Å²) in [5, 5.41) is 8.73. The van der Waals surface area contributed by atoms with Crippen molar-refractivity contribution in [3.8, 4) is 0 Å². The third kappa shape index (κ3) is 6.30. The van der Waals surface area contributed by atoms with Crippen LogP contribution in [0.25, 0.3) is 0 Å². The van der Waals surface area contributed by atoms with Gasteiger partial charge in [0.15, 0.2) is 0 Å². The van der Waals surface area contributed by atoms with Gasteiger partial charge in [-0.2, -0.15) is 13.2 Å². The third-order valence-electron chi connectivity index (χ3n) is 3.20. The number of halogens is 3. The Labute approximate surface area is 132 Å². The van der Waals surface area contributed by atoms with Crippen LogP contribution in [-0.2, 0) is 22.2 Å². The lowest BCUT2D eigenvalue weighted by molar-refractivity contribution is -0.138. The fourth-order valence-corrected chi connectivity index (χ4v) is 2.21. The second kappa shape index (κ2) is 7.99. The van der Waals surface area contributed by atoms with Crippen LogP contribution in [0.1, 0.15) is 31.4 Å². The summed E-state index contributed by atoms with van der Waals surface area (Å²) < 4.78 is 38.9. The standard InChI is InChI=1S/C16H20F3NO3/c1-11(2)10-20(8-7-15(22)23)14(21)9-12-5-3-4-6-13(12)16(17,18)19/h3-6,11H,7-10H2,1-2H3,(H,22,23). The van der Waals surface area contributed by atoms with Crippen molar-refractivity contribution in [2.45, 2.75) is 32.9 Å². The summed E-state index contributed by atoms with van der Waals surface area (Å²) in [5.41, 5.74) is -0.940. The van der Waals surface area contributed by atoms with Crippen molar-refractivity contribution >= 4 is 11.9 Å². The number of rotatable bonds is 7. The average Bonchev–Trinajstić information content (AvgIpc) is 2.42. The van der Waals surface area contributed by atoms with E-state index in [1.165, 1.54) is 23.1 Å². The van der Waals surface area contributed by atoms with E-state index in [0.717, 1.165) is 6.07 Å². The Kier molecular flexibility index (Phi) is 6.60. The maximum Gasteiger partial charge on any atom is 0.416 e. The molecular formula is C16H20F3NO3. The van der Waals surface area contributed by atoms with Crippen LogP contribution < -0.4 is 0 Å². The van der Waals surface area contributed by atoms with Crippen LogP contribution in [0.3, 0.4) is 0 Å². The molecule has 23 heavy (non-hydrogen) atoms. The molecule has 0 fully saturated rings. The molecule has 1 rings (SSSR count). The molecule has 4 nitrogen and oxygen atoms in total. The van der Waals surface area contributed by atoms with E-state index in [-0.39, 0.29) is 24.4 Å². The van der Waals surface area contributed by atoms with E-state index >= 15 is 0 Å². The second-order valence-corrected chi connectivity index (χ2v) is 5.71. The lowest BCUT2D eigenvalue weighted by Crippen LogP contribution is -2.37. The Hall–Kier alpha value is -2.05. The van der Waals surface area contributed by atoms with E-state index in [1.807, 2.05) is 13.8 Å². The first-order chi connectivity index (χ1) is 10.6. The number of aliphatic carboxylic acids is 1. The fourth-order valence-electron chi connectivity index (χ4n) is 2.21. The third-order valence-corrected chi connectivity index (χ3v) is 3.20. The molecule has 1 aromatic carbocycles. The fraction of sp³-hybridized carbons (Fsp3) is 0.500. The summed E-state index contributed by atoms with van der Waals surface area (Å²) in [4.78, 5) is 24.3. The van der Waals surface area contributed by atoms with E-state index < -0.39 is 30.0 Å². The van der Waals surface area contributed by atoms with Crippen LogP contribution in [0.4, 0.5) is 13.2 Å². The number of carbonyl (C=O) groups excluding carboxylic acids is 1. The quantitative estimate of drug-likeness (QED) is 0.835. The van der Waals surface area contributed by atoms with Gasteiger partial charge >= 0.3 is 12.1 Å².